The van der Waals surface area contributed by atoms with Gasteiger partial charge in [-0.15, -0.1) is 0 Å². The zero-order chi connectivity index (χ0) is 12.8. The maximum atomic E-state index is 6.35. The second-order valence-electron chi connectivity index (χ2n) is 5.51. The van der Waals surface area contributed by atoms with Crippen molar-refractivity contribution in [2.45, 2.75) is 44.2 Å². The first-order valence-electron chi connectivity index (χ1n) is 6.81. The van der Waals surface area contributed by atoms with Gasteiger partial charge < -0.3 is 15.2 Å². The van der Waals surface area contributed by atoms with Gasteiger partial charge in [-0.1, -0.05) is 13.0 Å². The van der Waals surface area contributed by atoms with Gasteiger partial charge >= 0.3 is 0 Å². The molecule has 1 aromatic carbocycles. The van der Waals surface area contributed by atoms with Crippen LogP contribution in [0, 0.1) is 5.92 Å². The number of nitrogens with two attached hydrogens (primary N) is 1. The minimum absolute atomic E-state index is 0.0429. The first kappa shape index (κ1) is 11.8. The molecule has 1 aliphatic carbocycles. The molecule has 98 valence electrons. The summed E-state index contributed by atoms with van der Waals surface area (Å²) in [5.74, 6) is 2.44. The first-order chi connectivity index (χ1) is 8.68. The van der Waals surface area contributed by atoms with E-state index in [4.69, 9.17) is 15.2 Å². The topological polar surface area (TPSA) is 44.5 Å². The van der Waals surface area contributed by atoms with E-state index in [0.717, 1.165) is 29.9 Å². The van der Waals surface area contributed by atoms with Crippen molar-refractivity contribution in [3.8, 4) is 11.5 Å². The Labute approximate surface area is 108 Å². The molecule has 0 radical (unpaired) electrons. The van der Waals surface area contributed by atoms with Gasteiger partial charge in [0.2, 0.25) is 0 Å². The zero-order valence-corrected chi connectivity index (χ0v) is 11.1. The Morgan fingerprint density at radius 1 is 1.44 bits per heavy atom. The minimum Gasteiger partial charge on any atom is -0.497 e. The molecule has 18 heavy (non-hydrogen) atoms. The van der Waals surface area contributed by atoms with E-state index in [0.29, 0.717) is 5.92 Å². The van der Waals surface area contributed by atoms with Gasteiger partial charge in [-0.25, -0.2) is 0 Å². The number of fused-ring (bicyclic) bond motifs is 1. The predicted molar refractivity (Wildman–Crippen MR) is 70.9 cm³/mol. The number of ether oxygens (including phenoxy) is 2. The van der Waals surface area contributed by atoms with Crippen LogP contribution in [0.15, 0.2) is 18.2 Å². The summed E-state index contributed by atoms with van der Waals surface area (Å²) in [7, 11) is 1.68. The number of hydrogen-bond acceptors (Lipinski definition) is 3. The van der Waals surface area contributed by atoms with Crippen molar-refractivity contribution in [3.63, 3.8) is 0 Å². The Bertz CT molecular complexity index is 456. The van der Waals surface area contributed by atoms with Crippen LogP contribution in [-0.2, 0) is 0 Å². The summed E-state index contributed by atoms with van der Waals surface area (Å²) in [5.41, 5.74) is 7.40. The number of hydrogen-bond donors (Lipinski definition) is 1. The molecule has 0 aromatic heterocycles. The van der Waals surface area contributed by atoms with Crippen LogP contribution in [0.5, 0.6) is 11.5 Å². The van der Waals surface area contributed by atoms with E-state index in [1.165, 1.54) is 12.8 Å². The molecule has 2 atom stereocenters. The highest BCUT2D eigenvalue weighted by Gasteiger charge is 2.49. The second kappa shape index (κ2) is 4.16. The molecule has 0 amide bonds. The molecule has 0 spiro atoms. The third-order valence-electron chi connectivity index (χ3n) is 4.42. The van der Waals surface area contributed by atoms with Crippen LogP contribution in [0.2, 0.25) is 0 Å². The molecule has 3 nitrogen and oxygen atoms in total. The lowest BCUT2D eigenvalue weighted by atomic mass is 9.82. The van der Waals surface area contributed by atoms with E-state index in [2.05, 4.69) is 6.92 Å². The van der Waals surface area contributed by atoms with Gasteiger partial charge in [-0.2, -0.15) is 0 Å². The van der Waals surface area contributed by atoms with Crippen LogP contribution in [-0.4, -0.2) is 12.7 Å². The maximum absolute atomic E-state index is 6.35. The van der Waals surface area contributed by atoms with Gasteiger partial charge in [0.05, 0.1) is 7.11 Å². The predicted octanol–water partition coefficient (Wildman–Crippen LogP) is 3.04. The Balaban J connectivity index is 1.98. The van der Waals surface area contributed by atoms with Crippen molar-refractivity contribution < 1.29 is 9.47 Å². The summed E-state index contributed by atoms with van der Waals surface area (Å²) in [6, 6.07) is 6.05. The van der Waals surface area contributed by atoms with Crippen LogP contribution in [0.1, 0.15) is 44.2 Å². The SMILES string of the molecule is CCC1(C2CC2)CC(N)c2ccc(OC)cc2O1. The fraction of sp³-hybridized carbons (Fsp3) is 0.600. The van der Waals surface area contributed by atoms with E-state index in [1.807, 2.05) is 18.2 Å². The molecular formula is C15H21NO2. The second-order valence-corrected chi connectivity index (χ2v) is 5.51. The highest BCUT2D eigenvalue weighted by molar-refractivity contribution is 5.44. The molecule has 1 aromatic rings. The third-order valence-corrected chi connectivity index (χ3v) is 4.42. The van der Waals surface area contributed by atoms with Gasteiger partial charge in [0.25, 0.3) is 0 Å². The number of benzene rings is 1. The summed E-state index contributed by atoms with van der Waals surface area (Å²) < 4.78 is 11.6. The molecule has 0 saturated heterocycles. The highest BCUT2D eigenvalue weighted by atomic mass is 16.5. The smallest absolute Gasteiger partial charge is 0.128 e. The van der Waals surface area contributed by atoms with E-state index >= 15 is 0 Å². The molecule has 1 saturated carbocycles. The Morgan fingerprint density at radius 3 is 2.83 bits per heavy atom. The van der Waals surface area contributed by atoms with Gasteiger partial charge in [0.1, 0.15) is 17.1 Å². The number of methoxy groups -OCH3 is 1. The quantitative estimate of drug-likeness (QED) is 0.893. The van der Waals surface area contributed by atoms with Crippen LogP contribution in [0.3, 0.4) is 0 Å². The number of rotatable bonds is 3. The molecule has 2 N–H and O–H groups in total. The lowest BCUT2D eigenvalue weighted by Gasteiger charge is -2.41. The fourth-order valence-corrected chi connectivity index (χ4v) is 3.14. The molecule has 1 aliphatic heterocycles. The largest absolute Gasteiger partial charge is 0.497 e. The molecular weight excluding hydrogens is 226 g/mol. The molecule has 3 rings (SSSR count). The van der Waals surface area contributed by atoms with Gasteiger partial charge in [-0.05, 0) is 31.2 Å². The van der Waals surface area contributed by atoms with Crippen LogP contribution < -0.4 is 15.2 Å². The average Bonchev–Trinajstić information content (AvgIpc) is 3.22. The monoisotopic (exact) mass is 247 g/mol. The van der Waals surface area contributed by atoms with Gasteiger partial charge in [0.15, 0.2) is 0 Å². The molecule has 2 aliphatic rings. The summed E-state index contributed by atoms with van der Waals surface area (Å²) in [6.45, 7) is 2.20. The first-order valence-corrected chi connectivity index (χ1v) is 6.81. The van der Waals surface area contributed by atoms with Crippen LogP contribution in [0.4, 0.5) is 0 Å². The summed E-state index contributed by atoms with van der Waals surface area (Å²) in [4.78, 5) is 0. The normalized spacial score (nSPS) is 30.5. The summed E-state index contributed by atoms with van der Waals surface area (Å²) in [6.07, 6.45) is 4.52. The molecule has 1 heterocycles. The Kier molecular flexibility index (Phi) is 2.74. The fourth-order valence-electron chi connectivity index (χ4n) is 3.14. The summed E-state index contributed by atoms with van der Waals surface area (Å²) in [5, 5.41) is 0. The molecule has 0 bridgehead atoms. The lowest BCUT2D eigenvalue weighted by molar-refractivity contribution is 0.0105. The Morgan fingerprint density at radius 2 is 2.22 bits per heavy atom. The maximum Gasteiger partial charge on any atom is 0.128 e. The average molecular weight is 247 g/mol. The highest BCUT2D eigenvalue weighted by Crippen LogP contribution is 2.52. The molecule has 2 unspecified atom stereocenters. The van der Waals surface area contributed by atoms with Gasteiger partial charge in [0, 0.05) is 24.1 Å². The zero-order valence-electron chi connectivity index (χ0n) is 11.1. The van der Waals surface area contributed by atoms with E-state index in [9.17, 15) is 0 Å². The van der Waals surface area contributed by atoms with Gasteiger partial charge in [-0.3, -0.25) is 0 Å². The van der Waals surface area contributed by atoms with Crippen molar-refractivity contribution in [1.82, 2.24) is 0 Å². The van der Waals surface area contributed by atoms with Crippen molar-refractivity contribution in [3.05, 3.63) is 23.8 Å². The van der Waals surface area contributed by atoms with Crippen molar-refractivity contribution >= 4 is 0 Å². The third kappa shape index (κ3) is 1.77. The van der Waals surface area contributed by atoms with Crippen LogP contribution in [0.25, 0.3) is 0 Å². The minimum atomic E-state index is -0.0429. The molecule has 3 heteroatoms. The van der Waals surface area contributed by atoms with Crippen molar-refractivity contribution in [2.24, 2.45) is 11.7 Å². The van der Waals surface area contributed by atoms with Crippen molar-refractivity contribution in [2.75, 3.05) is 7.11 Å². The van der Waals surface area contributed by atoms with E-state index in [-0.39, 0.29) is 11.6 Å². The standard InChI is InChI=1S/C15H21NO2/c1-3-15(10-4-5-10)9-13(16)12-7-6-11(17-2)8-14(12)18-15/h6-8,10,13H,3-5,9,16H2,1-2H3. The summed E-state index contributed by atoms with van der Waals surface area (Å²) >= 11 is 0. The Hall–Kier alpha value is -1.22. The van der Waals surface area contributed by atoms with E-state index < -0.39 is 0 Å². The molecule has 1 fully saturated rings. The van der Waals surface area contributed by atoms with E-state index in [1.54, 1.807) is 7.11 Å². The van der Waals surface area contributed by atoms with Crippen molar-refractivity contribution in [1.29, 1.82) is 0 Å². The lowest BCUT2D eigenvalue weighted by Crippen LogP contribution is -2.44. The van der Waals surface area contributed by atoms with Crippen LogP contribution >= 0.6 is 0 Å².